The number of nitrogens with zero attached hydrogens (tertiary/aromatic N) is 3. The van der Waals surface area contributed by atoms with Crippen molar-refractivity contribution in [3.63, 3.8) is 0 Å². The van der Waals surface area contributed by atoms with Gasteiger partial charge in [0.2, 0.25) is 0 Å². The third kappa shape index (κ3) is 0.806. The van der Waals surface area contributed by atoms with Gasteiger partial charge in [0.15, 0.2) is 5.69 Å². The molecule has 0 aromatic carbocycles. The van der Waals surface area contributed by atoms with Crippen LogP contribution in [0.2, 0.25) is 0 Å². The normalized spacial score (nSPS) is 14.9. The first kappa shape index (κ1) is 6.33. The first-order valence-electron chi connectivity index (χ1n) is 3.51. The Hall–Kier alpha value is -1.39. The van der Waals surface area contributed by atoms with E-state index in [-0.39, 0.29) is 0 Å². The van der Waals surface area contributed by atoms with Gasteiger partial charge in [-0.2, -0.15) is 0 Å². The van der Waals surface area contributed by atoms with Gasteiger partial charge in [-0.1, -0.05) is 5.21 Å². The molecule has 0 saturated carbocycles. The molecule has 1 aliphatic heterocycles. The highest BCUT2D eigenvalue weighted by molar-refractivity contribution is 5.91. The molecule has 0 saturated heterocycles. The second-order valence-corrected chi connectivity index (χ2v) is 2.58. The zero-order valence-corrected chi connectivity index (χ0v) is 5.95. The van der Waals surface area contributed by atoms with E-state index in [2.05, 4.69) is 10.3 Å². The lowest BCUT2D eigenvalue weighted by Gasteiger charge is -1.90. The molecule has 0 bridgehead atoms. The van der Waals surface area contributed by atoms with Crippen molar-refractivity contribution in [1.29, 1.82) is 0 Å². The SMILES string of the molecule is NC(=O)c1nnn2c1CCC2. The van der Waals surface area contributed by atoms with E-state index < -0.39 is 5.91 Å². The quantitative estimate of drug-likeness (QED) is 0.579. The van der Waals surface area contributed by atoms with Gasteiger partial charge < -0.3 is 5.73 Å². The third-order valence-corrected chi connectivity index (χ3v) is 1.85. The lowest BCUT2D eigenvalue weighted by molar-refractivity contribution is 0.0994. The van der Waals surface area contributed by atoms with E-state index in [1.807, 2.05) is 0 Å². The summed E-state index contributed by atoms with van der Waals surface area (Å²) < 4.78 is 1.74. The average Bonchev–Trinajstić information content (AvgIpc) is 2.41. The van der Waals surface area contributed by atoms with E-state index in [9.17, 15) is 4.79 Å². The summed E-state index contributed by atoms with van der Waals surface area (Å²) in [4.78, 5) is 10.7. The van der Waals surface area contributed by atoms with Gasteiger partial charge >= 0.3 is 0 Å². The minimum absolute atomic E-state index is 0.336. The Morgan fingerprint density at radius 2 is 2.45 bits per heavy atom. The van der Waals surface area contributed by atoms with Crippen LogP contribution in [0.3, 0.4) is 0 Å². The largest absolute Gasteiger partial charge is 0.364 e. The Kier molecular flexibility index (Phi) is 1.18. The minimum Gasteiger partial charge on any atom is -0.364 e. The number of carbonyl (C=O) groups excluding carboxylic acids is 1. The lowest BCUT2D eigenvalue weighted by Crippen LogP contribution is -2.13. The molecular formula is C6H8N4O. The van der Waals surface area contributed by atoms with E-state index in [1.54, 1.807) is 4.68 Å². The zero-order valence-electron chi connectivity index (χ0n) is 5.95. The maximum absolute atomic E-state index is 10.7. The van der Waals surface area contributed by atoms with Crippen molar-refractivity contribution in [2.75, 3.05) is 0 Å². The molecule has 1 aromatic rings. The molecule has 2 N–H and O–H groups in total. The van der Waals surface area contributed by atoms with Crippen LogP contribution in [0.4, 0.5) is 0 Å². The van der Waals surface area contributed by atoms with Gasteiger partial charge in [0.05, 0.1) is 5.69 Å². The molecule has 58 valence electrons. The molecule has 0 spiro atoms. The summed E-state index contributed by atoms with van der Waals surface area (Å²) in [6.07, 6.45) is 1.90. The number of amides is 1. The number of aromatic nitrogens is 3. The predicted octanol–water partition coefficient (Wildman–Crippen LogP) is -0.677. The number of rotatable bonds is 1. The second-order valence-electron chi connectivity index (χ2n) is 2.58. The Labute approximate surface area is 63.2 Å². The van der Waals surface area contributed by atoms with Gasteiger partial charge in [-0.05, 0) is 12.8 Å². The first-order valence-corrected chi connectivity index (χ1v) is 3.51. The molecular weight excluding hydrogens is 144 g/mol. The zero-order chi connectivity index (χ0) is 7.84. The molecule has 0 unspecified atom stereocenters. The summed E-state index contributed by atoms with van der Waals surface area (Å²) in [7, 11) is 0. The number of nitrogens with two attached hydrogens (primary N) is 1. The van der Waals surface area contributed by atoms with Crippen LogP contribution in [0, 0.1) is 0 Å². The van der Waals surface area contributed by atoms with Gasteiger partial charge in [0.1, 0.15) is 0 Å². The molecule has 0 radical (unpaired) electrons. The summed E-state index contributed by atoms with van der Waals surface area (Å²) >= 11 is 0. The van der Waals surface area contributed by atoms with Crippen molar-refractivity contribution in [3.05, 3.63) is 11.4 Å². The molecule has 11 heavy (non-hydrogen) atoms. The van der Waals surface area contributed by atoms with E-state index in [4.69, 9.17) is 5.73 Å². The van der Waals surface area contributed by atoms with Crippen LogP contribution < -0.4 is 5.73 Å². The Balaban J connectivity index is 2.50. The van der Waals surface area contributed by atoms with Crippen LogP contribution in [-0.4, -0.2) is 20.9 Å². The van der Waals surface area contributed by atoms with Crippen LogP contribution in [0.1, 0.15) is 22.6 Å². The fraction of sp³-hybridized carbons (Fsp3) is 0.500. The minimum atomic E-state index is -0.479. The van der Waals surface area contributed by atoms with Crippen LogP contribution in [0.25, 0.3) is 0 Å². The number of carbonyl (C=O) groups is 1. The van der Waals surface area contributed by atoms with Crippen molar-refractivity contribution in [2.24, 2.45) is 5.73 Å². The molecule has 2 rings (SSSR count). The molecule has 0 aliphatic carbocycles. The van der Waals surface area contributed by atoms with Gasteiger partial charge in [-0.3, -0.25) is 4.79 Å². The van der Waals surface area contributed by atoms with Gasteiger partial charge in [-0.15, -0.1) is 5.10 Å². The van der Waals surface area contributed by atoms with E-state index in [1.165, 1.54) is 0 Å². The molecule has 1 aromatic heterocycles. The Bertz CT molecular complexity index is 304. The van der Waals surface area contributed by atoms with Crippen molar-refractivity contribution in [2.45, 2.75) is 19.4 Å². The average molecular weight is 152 g/mol. The number of aryl methyl sites for hydroxylation is 1. The highest BCUT2D eigenvalue weighted by Gasteiger charge is 2.20. The topological polar surface area (TPSA) is 73.8 Å². The van der Waals surface area contributed by atoms with Crippen molar-refractivity contribution in [1.82, 2.24) is 15.0 Å². The highest BCUT2D eigenvalue weighted by Crippen LogP contribution is 2.14. The maximum Gasteiger partial charge on any atom is 0.271 e. The highest BCUT2D eigenvalue weighted by atomic mass is 16.1. The molecule has 1 amide bonds. The van der Waals surface area contributed by atoms with Crippen LogP contribution in [0.5, 0.6) is 0 Å². The predicted molar refractivity (Wildman–Crippen MR) is 36.9 cm³/mol. The monoisotopic (exact) mass is 152 g/mol. The van der Waals surface area contributed by atoms with Gasteiger partial charge in [-0.25, -0.2) is 4.68 Å². The summed E-state index contributed by atoms with van der Waals surface area (Å²) in [6.45, 7) is 0.857. The summed E-state index contributed by atoms with van der Waals surface area (Å²) in [5.74, 6) is -0.479. The van der Waals surface area contributed by atoms with Gasteiger partial charge in [0.25, 0.3) is 5.91 Å². The third-order valence-electron chi connectivity index (χ3n) is 1.85. The van der Waals surface area contributed by atoms with E-state index in [0.717, 1.165) is 25.1 Å². The van der Waals surface area contributed by atoms with Gasteiger partial charge in [0, 0.05) is 6.54 Å². The van der Waals surface area contributed by atoms with Crippen molar-refractivity contribution >= 4 is 5.91 Å². The number of hydrogen-bond acceptors (Lipinski definition) is 3. The fourth-order valence-electron chi connectivity index (χ4n) is 1.35. The summed E-state index contributed by atoms with van der Waals surface area (Å²) in [5, 5.41) is 7.46. The smallest absolute Gasteiger partial charge is 0.271 e. The summed E-state index contributed by atoms with van der Waals surface area (Å²) in [5.41, 5.74) is 6.30. The number of hydrogen-bond donors (Lipinski definition) is 1. The van der Waals surface area contributed by atoms with Crippen LogP contribution in [0.15, 0.2) is 0 Å². The molecule has 1 aliphatic rings. The molecule has 2 heterocycles. The first-order chi connectivity index (χ1) is 5.29. The standard InChI is InChI=1S/C6H8N4O/c7-6(11)5-4-2-1-3-10(4)9-8-5/h1-3H2,(H2,7,11). The van der Waals surface area contributed by atoms with Crippen LogP contribution >= 0.6 is 0 Å². The fourth-order valence-corrected chi connectivity index (χ4v) is 1.35. The maximum atomic E-state index is 10.7. The van der Waals surface area contributed by atoms with Crippen molar-refractivity contribution in [3.8, 4) is 0 Å². The second kappa shape index (κ2) is 2.05. The molecule has 5 heteroatoms. The Morgan fingerprint density at radius 3 is 3.18 bits per heavy atom. The Morgan fingerprint density at radius 1 is 1.64 bits per heavy atom. The molecule has 0 atom stereocenters. The number of primary amides is 1. The van der Waals surface area contributed by atoms with E-state index >= 15 is 0 Å². The molecule has 0 fully saturated rings. The van der Waals surface area contributed by atoms with Crippen LogP contribution in [-0.2, 0) is 13.0 Å². The lowest BCUT2D eigenvalue weighted by atomic mass is 10.2. The van der Waals surface area contributed by atoms with E-state index in [0.29, 0.717) is 5.69 Å². The van der Waals surface area contributed by atoms with Crippen molar-refractivity contribution < 1.29 is 4.79 Å². The summed E-state index contributed by atoms with van der Waals surface area (Å²) in [6, 6.07) is 0. The number of fused-ring (bicyclic) bond motifs is 1. The molecule has 5 nitrogen and oxygen atoms in total.